The second-order valence-electron chi connectivity index (χ2n) is 4.22. The van der Waals surface area contributed by atoms with Crippen LogP contribution in [0.25, 0.3) is 0 Å². The Bertz CT molecular complexity index is 349. The Hall–Kier alpha value is -1.69. The van der Waals surface area contributed by atoms with Crippen molar-refractivity contribution in [3.8, 4) is 0 Å². The third-order valence-electron chi connectivity index (χ3n) is 2.28. The number of hydrogen-bond donors (Lipinski definition) is 3. The second kappa shape index (κ2) is 6.80. The summed E-state index contributed by atoms with van der Waals surface area (Å²) in [5, 5.41) is 2.80. The number of hydrazine groups is 1. The van der Waals surface area contributed by atoms with E-state index in [1.54, 1.807) is 0 Å². The van der Waals surface area contributed by atoms with Crippen molar-refractivity contribution in [3.63, 3.8) is 0 Å². The fraction of sp³-hybridized carbons (Fsp3) is 0.545. The number of hydrogen-bond acceptors (Lipinski definition) is 5. The van der Waals surface area contributed by atoms with Gasteiger partial charge in [-0.3, -0.25) is 4.79 Å². The third-order valence-corrected chi connectivity index (χ3v) is 2.28. The molecule has 0 saturated carbocycles. The molecule has 0 radical (unpaired) electrons. The highest BCUT2D eigenvalue weighted by atomic mass is 16.1. The Kier molecular flexibility index (Phi) is 5.35. The molecular weight excluding hydrogens is 218 g/mol. The Morgan fingerprint density at radius 3 is 2.71 bits per heavy atom. The minimum Gasteiger partial charge on any atom is -0.351 e. The predicted molar refractivity (Wildman–Crippen MR) is 66.2 cm³/mol. The Labute approximate surface area is 101 Å². The fourth-order valence-corrected chi connectivity index (χ4v) is 1.32. The molecule has 4 N–H and O–H groups in total. The molecule has 1 heterocycles. The monoisotopic (exact) mass is 237 g/mol. The number of nitrogens with two attached hydrogens (primary N) is 1. The van der Waals surface area contributed by atoms with Gasteiger partial charge in [0.05, 0.1) is 12.4 Å². The van der Waals surface area contributed by atoms with Gasteiger partial charge < -0.3 is 10.7 Å². The first-order chi connectivity index (χ1) is 8.13. The number of amides is 1. The molecule has 0 aromatic carbocycles. The number of nitrogens with one attached hydrogen (secondary N) is 2. The van der Waals surface area contributed by atoms with Crippen LogP contribution in [0.1, 0.15) is 37.2 Å². The summed E-state index contributed by atoms with van der Waals surface area (Å²) >= 11 is 0. The lowest BCUT2D eigenvalue weighted by Gasteiger charge is -2.06. The maximum atomic E-state index is 11.6. The fourth-order valence-electron chi connectivity index (χ4n) is 1.32. The minimum absolute atomic E-state index is 0.204. The first kappa shape index (κ1) is 13.4. The van der Waals surface area contributed by atoms with Gasteiger partial charge in [0.15, 0.2) is 5.82 Å². The van der Waals surface area contributed by atoms with E-state index < -0.39 is 0 Å². The molecule has 6 nitrogen and oxygen atoms in total. The molecule has 1 rings (SSSR count). The standard InChI is InChI=1S/C11H19N5O/c1-8(2)4-3-5-13-11(17)9-6-15-10(16-12)7-14-9/h6-8H,3-5,12H2,1-2H3,(H,13,17)(H,15,16). The van der Waals surface area contributed by atoms with E-state index in [2.05, 4.69) is 34.6 Å². The molecule has 17 heavy (non-hydrogen) atoms. The highest BCUT2D eigenvalue weighted by molar-refractivity contribution is 5.91. The van der Waals surface area contributed by atoms with Crippen LogP contribution in [-0.4, -0.2) is 22.4 Å². The van der Waals surface area contributed by atoms with Crippen molar-refractivity contribution in [2.75, 3.05) is 12.0 Å². The topological polar surface area (TPSA) is 92.9 Å². The Morgan fingerprint density at radius 1 is 1.41 bits per heavy atom. The lowest BCUT2D eigenvalue weighted by atomic mass is 10.1. The maximum Gasteiger partial charge on any atom is 0.271 e. The van der Waals surface area contributed by atoms with Crippen LogP contribution in [0.2, 0.25) is 0 Å². The van der Waals surface area contributed by atoms with Gasteiger partial charge in [0.25, 0.3) is 5.91 Å². The third kappa shape index (κ3) is 4.78. The molecule has 0 saturated heterocycles. The van der Waals surface area contributed by atoms with Crippen LogP contribution in [-0.2, 0) is 0 Å². The van der Waals surface area contributed by atoms with E-state index in [-0.39, 0.29) is 5.91 Å². The molecule has 0 aliphatic heterocycles. The van der Waals surface area contributed by atoms with Gasteiger partial charge in [0.1, 0.15) is 5.69 Å². The SMILES string of the molecule is CC(C)CCCNC(=O)c1cnc(NN)cn1. The number of nitrogens with zero attached hydrogens (tertiary/aromatic N) is 2. The summed E-state index contributed by atoms with van der Waals surface area (Å²) in [5.41, 5.74) is 2.65. The maximum absolute atomic E-state index is 11.6. The summed E-state index contributed by atoms with van der Waals surface area (Å²) in [6, 6.07) is 0. The first-order valence-electron chi connectivity index (χ1n) is 5.70. The van der Waals surface area contributed by atoms with Gasteiger partial charge in [0.2, 0.25) is 0 Å². The van der Waals surface area contributed by atoms with E-state index in [1.165, 1.54) is 12.4 Å². The molecule has 1 aromatic rings. The Balaban J connectivity index is 2.36. The van der Waals surface area contributed by atoms with Crippen molar-refractivity contribution >= 4 is 11.7 Å². The Morgan fingerprint density at radius 2 is 2.18 bits per heavy atom. The van der Waals surface area contributed by atoms with E-state index in [9.17, 15) is 4.79 Å². The van der Waals surface area contributed by atoms with E-state index in [4.69, 9.17) is 5.84 Å². The zero-order chi connectivity index (χ0) is 12.7. The lowest BCUT2D eigenvalue weighted by Crippen LogP contribution is -2.26. The zero-order valence-corrected chi connectivity index (χ0v) is 10.2. The molecule has 94 valence electrons. The number of anilines is 1. The van der Waals surface area contributed by atoms with Gasteiger partial charge in [-0.25, -0.2) is 15.8 Å². The number of aromatic nitrogens is 2. The molecule has 0 aliphatic carbocycles. The van der Waals surface area contributed by atoms with Gasteiger partial charge in [-0.2, -0.15) is 0 Å². The number of rotatable bonds is 6. The van der Waals surface area contributed by atoms with Crippen LogP contribution in [0, 0.1) is 5.92 Å². The van der Waals surface area contributed by atoms with Crippen molar-refractivity contribution in [1.29, 1.82) is 0 Å². The minimum atomic E-state index is -0.204. The molecule has 6 heteroatoms. The summed E-state index contributed by atoms with van der Waals surface area (Å²) in [7, 11) is 0. The number of carbonyl (C=O) groups excluding carboxylic acids is 1. The van der Waals surface area contributed by atoms with Gasteiger partial charge in [0, 0.05) is 6.54 Å². The average molecular weight is 237 g/mol. The van der Waals surface area contributed by atoms with Gasteiger partial charge in [-0.1, -0.05) is 13.8 Å². The van der Waals surface area contributed by atoms with Crippen LogP contribution < -0.4 is 16.6 Å². The van der Waals surface area contributed by atoms with Crippen LogP contribution >= 0.6 is 0 Å². The molecule has 0 atom stereocenters. The molecule has 0 bridgehead atoms. The summed E-state index contributed by atoms with van der Waals surface area (Å²) in [4.78, 5) is 19.5. The molecule has 0 fully saturated rings. The van der Waals surface area contributed by atoms with Crippen molar-refractivity contribution in [1.82, 2.24) is 15.3 Å². The van der Waals surface area contributed by atoms with Gasteiger partial charge >= 0.3 is 0 Å². The van der Waals surface area contributed by atoms with E-state index in [0.717, 1.165) is 12.8 Å². The smallest absolute Gasteiger partial charge is 0.271 e. The summed E-state index contributed by atoms with van der Waals surface area (Å²) in [6.45, 7) is 4.98. The van der Waals surface area contributed by atoms with Crippen molar-refractivity contribution in [2.24, 2.45) is 11.8 Å². The lowest BCUT2D eigenvalue weighted by molar-refractivity contribution is 0.0947. The molecular formula is C11H19N5O. The molecule has 1 aromatic heterocycles. The normalized spacial score (nSPS) is 10.4. The molecule has 0 spiro atoms. The summed E-state index contributed by atoms with van der Waals surface area (Å²) in [5.74, 6) is 6.03. The summed E-state index contributed by atoms with van der Waals surface area (Å²) < 4.78 is 0. The highest BCUT2D eigenvalue weighted by Gasteiger charge is 2.06. The number of carbonyl (C=O) groups is 1. The number of nitrogen functional groups attached to an aromatic ring is 1. The second-order valence-corrected chi connectivity index (χ2v) is 4.22. The molecule has 0 aliphatic rings. The van der Waals surface area contributed by atoms with Crippen LogP contribution in [0.3, 0.4) is 0 Å². The van der Waals surface area contributed by atoms with Gasteiger partial charge in [-0.05, 0) is 18.8 Å². The van der Waals surface area contributed by atoms with Crippen molar-refractivity contribution in [2.45, 2.75) is 26.7 Å². The van der Waals surface area contributed by atoms with Crippen molar-refractivity contribution in [3.05, 3.63) is 18.1 Å². The van der Waals surface area contributed by atoms with E-state index in [0.29, 0.717) is 24.0 Å². The van der Waals surface area contributed by atoms with Crippen LogP contribution in [0.15, 0.2) is 12.4 Å². The van der Waals surface area contributed by atoms with E-state index in [1.807, 2.05) is 0 Å². The highest BCUT2D eigenvalue weighted by Crippen LogP contribution is 2.02. The van der Waals surface area contributed by atoms with Crippen LogP contribution in [0.5, 0.6) is 0 Å². The average Bonchev–Trinajstić information content (AvgIpc) is 2.34. The van der Waals surface area contributed by atoms with Crippen LogP contribution in [0.4, 0.5) is 5.82 Å². The summed E-state index contributed by atoms with van der Waals surface area (Å²) in [6.07, 6.45) is 4.89. The predicted octanol–water partition coefficient (Wildman–Crippen LogP) is 0.928. The van der Waals surface area contributed by atoms with Crippen molar-refractivity contribution < 1.29 is 4.79 Å². The largest absolute Gasteiger partial charge is 0.351 e. The zero-order valence-electron chi connectivity index (χ0n) is 10.2. The van der Waals surface area contributed by atoms with E-state index >= 15 is 0 Å². The molecule has 0 unspecified atom stereocenters. The molecule has 1 amide bonds. The first-order valence-corrected chi connectivity index (χ1v) is 5.70. The van der Waals surface area contributed by atoms with Gasteiger partial charge in [-0.15, -0.1) is 0 Å². The quantitative estimate of drug-likeness (QED) is 0.389.